The van der Waals surface area contributed by atoms with Gasteiger partial charge in [-0.25, -0.2) is 9.69 Å². The summed E-state index contributed by atoms with van der Waals surface area (Å²) < 4.78 is 13.4. The molecule has 6 aromatic heterocycles. The molecule has 150 heavy (non-hydrogen) atoms. The van der Waals surface area contributed by atoms with E-state index in [-0.39, 0.29) is 0 Å². The predicted octanol–water partition coefficient (Wildman–Crippen LogP) is 33.8. The van der Waals surface area contributed by atoms with Crippen LogP contribution in [-0.2, 0) is 0 Å². The molecule has 15 nitrogen and oxygen atoms in total. The highest BCUT2D eigenvalue weighted by molar-refractivity contribution is 6.18. The van der Waals surface area contributed by atoms with Gasteiger partial charge in [0.25, 0.3) is 0 Å². The van der Waals surface area contributed by atoms with Crippen LogP contribution in [0.4, 0.5) is 11.4 Å². The van der Waals surface area contributed by atoms with Gasteiger partial charge in [-0.2, -0.15) is 36.8 Å². The maximum absolute atomic E-state index is 10.4. The quantitative estimate of drug-likeness (QED) is 0.108. The largest absolute Gasteiger partial charge is 0.319 e. The Bertz CT molecular complexity index is 10600. The lowest BCUT2D eigenvalue weighted by molar-refractivity contribution is 1.18. The van der Waals surface area contributed by atoms with Crippen LogP contribution in [0.15, 0.2) is 455 Å². The first-order valence-corrected chi connectivity index (χ1v) is 48.8. The molecule has 0 bridgehead atoms. The number of hydrogen-bond donors (Lipinski definition) is 0. The molecule has 15 heteroatoms. The number of nitriles is 7. The van der Waals surface area contributed by atoms with Crippen molar-refractivity contribution in [1.82, 2.24) is 27.4 Å². The Labute approximate surface area is 860 Å². The van der Waals surface area contributed by atoms with Crippen LogP contribution in [0.2, 0.25) is 0 Å². The van der Waals surface area contributed by atoms with Gasteiger partial charge in [0.1, 0.15) is 0 Å². The SMILES string of the molecule is N#Cc1ccc2c(c1)c1c(C#N)cccc1n2-c1ccccc1-c1cccc(C#N)c1-c1ccc(-n2c3ccccc3c3ccccc32)cc1.[C-]#[N+]c1ccc2c(c1)c1cc(C#N)ccc1n2-c1ccccc1-c1cccc(C#N)c1-c1ccc(-n2c3ccccc3c3ccccc32)cc1.[C-]#[N+]c1cccc2c3ccccc3n(-c3ccc(-c4c(C#N)cccc4-c4ccccc4-n4c5ccccc5c5cc(C#N)ccc54)cc3)c12. The van der Waals surface area contributed by atoms with Crippen LogP contribution < -0.4 is 0 Å². The topological polar surface area (TPSA) is 205 Å². The Balaban J connectivity index is 0.000000116. The zero-order valence-corrected chi connectivity index (χ0v) is 80.0. The molecule has 0 aliphatic heterocycles. The molecule has 21 aromatic carbocycles. The fourth-order valence-electron chi connectivity index (χ4n) is 22.5. The van der Waals surface area contributed by atoms with E-state index in [9.17, 15) is 36.8 Å². The molecular weight excluding hydrogens is 1830 g/mol. The molecule has 0 fully saturated rings. The standard InChI is InChI=1S/3C45H25N5/c1-48-39-16-9-15-37-34-12-3-5-17-40(34)49(45(37)39)32-23-21-30(22-24-32)44-31(28-47)10-8-14-36(44)33-11-2-6-18-41(33)50-42-19-7-4-13-35(42)38-26-29(27-46)20-25-43(38)50;1-48-32-20-24-44-39(26-32)38-25-29(27-46)17-23-43(38)50(44)42-16-7-4-12-36(42)37-13-8-9-31(28-47)45(37)30-18-21-33(22-19-30)49-40-14-5-2-10-34(40)35-11-3-6-15-41(35)49;46-26-29-19-24-42-38(25-29)45-32(28-48)10-8-18-43(45)50(42)41-17-6-3-13-36(41)37-14-7-9-31(27-47)44(37)30-20-22-33(23-21-30)49-39-15-4-1-11-34(39)35-12-2-5-16-40(35)49/h2*2-26H;1-25H. The highest BCUT2D eigenvalue weighted by Crippen LogP contribution is 2.49. The molecule has 27 aromatic rings. The van der Waals surface area contributed by atoms with Crippen molar-refractivity contribution in [2.24, 2.45) is 0 Å². The van der Waals surface area contributed by atoms with Gasteiger partial charge in [0.05, 0.1) is 178 Å². The van der Waals surface area contributed by atoms with Gasteiger partial charge in [0.15, 0.2) is 5.69 Å². The Hall–Kier alpha value is -22.2. The first kappa shape index (κ1) is 89.2. The van der Waals surface area contributed by atoms with E-state index in [4.69, 9.17) is 13.1 Å². The minimum atomic E-state index is 0.533. The zero-order chi connectivity index (χ0) is 101. The van der Waals surface area contributed by atoms with Crippen LogP contribution in [0.1, 0.15) is 38.9 Å². The lowest BCUT2D eigenvalue weighted by Crippen LogP contribution is -1.99. The Morgan fingerprint density at radius 1 is 0.187 bits per heavy atom. The summed E-state index contributed by atoms with van der Waals surface area (Å²) in [6.07, 6.45) is 0. The number of nitrogens with zero attached hydrogens (tertiary/aromatic N) is 15. The normalized spacial score (nSPS) is 11.1. The molecule has 27 rings (SSSR count). The third kappa shape index (κ3) is 14.6. The maximum atomic E-state index is 10.4. The van der Waals surface area contributed by atoms with Crippen LogP contribution in [0.5, 0.6) is 0 Å². The molecule has 0 atom stereocenters. The van der Waals surface area contributed by atoms with Gasteiger partial charge in [-0.05, 0) is 232 Å². The molecule has 0 spiro atoms. The predicted molar refractivity (Wildman–Crippen MR) is 604 cm³/mol. The van der Waals surface area contributed by atoms with Crippen molar-refractivity contribution in [1.29, 1.82) is 36.8 Å². The molecular formula is C135H75N15. The molecule has 0 aliphatic rings. The Morgan fingerprint density at radius 3 is 0.847 bits per heavy atom. The molecule has 0 amide bonds. The van der Waals surface area contributed by atoms with E-state index < -0.39 is 0 Å². The molecule has 0 saturated heterocycles. The Kier molecular flexibility index (Phi) is 22.0. The first-order chi connectivity index (χ1) is 74.1. The molecule has 6 heterocycles. The van der Waals surface area contributed by atoms with Gasteiger partial charge in [0, 0.05) is 104 Å². The second kappa shape index (κ2) is 37.0. The summed E-state index contributed by atoms with van der Waals surface area (Å²) in [5, 5.41) is 83.0. The lowest BCUT2D eigenvalue weighted by atomic mass is 9.90. The third-order valence-electron chi connectivity index (χ3n) is 28.9. The number of benzene rings is 21. The number of fused-ring (bicyclic) bond motifs is 18. The summed E-state index contributed by atoms with van der Waals surface area (Å²) in [7, 11) is 0. The van der Waals surface area contributed by atoms with E-state index in [1.807, 2.05) is 200 Å². The average Bonchev–Trinajstić information content (AvgIpc) is 1.58. The molecule has 0 unspecified atom stereocenters. The van der Waals surface area contributed by atoms with Crippen molar-refractivity contribution in [3.05, 3.63) is 517 Å². The first-order valence-electron chi connectivity index (χ1n) is 48.8. The highest BCUT2D eigenvalue weighted by Gasteiger charge is 2.28. The van der Waals surface area contributed by atoms with Crippen LogP contribution in [0.25, 0.3) is 241 Å². The van der Waals surface area contributed by atoms with E-state index in [0.29, 0.717) is 50.3 Å². The fraction of sp³-hybridized carbons (Fsp3) is 0. The van der Waals surface area contributed by atoms with E-state index >= 15 is 0 Å². The van der Waals surface area contributed by atoms with Crippen LogP contribution in [0, 0.1) is 92.5 Å². The van der Waals surface area contributed by atoms with Crippen LogP contribution >= 0.6 is 0 Å². The van der Waals surface area contributed by atoms with Crippen molar-refractivity contribution in [2.45, 2.75) is 0 Å². The molecule has 690 valence electrons. The molecule has 0 N–H and O–H groups in total. The van der Waals surface area contributed by atoms with Crippen LogP contribution in [-0.4, -0.2) is 27.4 Å². The third-order valence-corrected chi connectivity index (χ3v) is 28.9. The molecule has 0 radical (unpaired) electrons. The number of para-hydroxylation sites is 10. The Morgan fingerprint density at radius 2 is 0.460 bits per heavy atom. The van der Waals surface area contributed by atoms with Gasteiger partial charge in [0.2, 0.25) is 5.69 Å². The van der Waals surface area contributed by atoms with Gasteiger partial charge >= 0.3 is 0 Å². The van der Waals surface area contributed by atoms with Gasteiger partial charge < -0.3 is 27.4 Å². The maximum Gasteiger partial charge on any atom is 0.211 e. The summed E-state index contributed by atoms with van der Waals surface area (Å²) in [6.45, 7) is 15.5. The minimum Gasteiger partial charge on any atom is -0.319 e. The van der Waals surface area contributed by atoms with E-state index in [0.717, 1.165) is 210 Å². The molecule has 0 saturated carbocycles. The monoisotopic (exact) mass is 1910 g/mol. The lowest BCUT2D eigenvalue weighted by Gasteiger charge is -2.18. The van der Waals surface area contributed by atoms with Crippen molar-refractivity contribution >= 4 is 142 Å². The van der Waals surface area contributed by atoms with E-state index in [1.54, 1.807) is 0 Å². The second-order valence-corrected chi connectivity index (χ2v) is 36.8. The fourth-order valence-corrected chi connectivity index (χ4v) is 22.5. The van der Waals surface area contributed by atoms with Gasteiger partial charge in [-0.3, -0.25) is 0 Å². The average molecular weight is 1910 g/mol. The summed E-state index contributed by atoms with van der Waals surface area (Å²) >= 11 is 0. The van der Waals surface area contributed by atoms with E-state index in [2.05, 4.69) is 334 Å². The second-order valence-electron chi connectivity index (χ2n) is 36.8. The summed E-state index contributed by atoms with van der Waals surface area (Å²) in [5.41, 5.74) is 34.2. The number of aromatic nitrogens is 6. The summed E-state index contributed by atoms with van der Waals surface area (Å²) in [5.74, 6) is 0. The van der Waals surface area contributed by atoms with E-state index in [1.165, 1.54) is 21.5 Å². The summed E-state index contributed by atoms with van der Waals surface area (Å²) in [6, 6.07) is 169. The van der Waals surface area contributed by atoms with Crippen LogP contribution in [0.3, 0.4) is 0 Å². The smallest absolute Gasteiger partial charge is 0.211 e. The van der Waals surface area contributed by atoms with Crippen molar-refractivity contribution in [2.75, 3.05) is 0 Å². The zero-order valence-electron chi connectivity index (χ0n) is 80.0. The number of hydrogen-bond acceptors (Lipinski definition) is 7. The van der Waals surface area contributed by atoms with Gasteiger partial charge in [-0.1, -0.05) is 267 Å². The highest BCUT2D eigenvalue weighted by atomic mass is 15.0. The molecule has 0 aliphatic carbocycles. The number of rotatable bonds is 12. The van der Waals surface area contributed by atoms with Crippen molar-refractivity contribution < 1.29 is 0 Å². The van der Waals surface area contributed by atoms with Gasteiger partial charge in [-0.15, -0.1) is 0 Å². The summed E-state index contributed by atoms with van der Waals surface area (Å²) in [4.78, 5) is 7.54. The van der Waals surface area contributed by atoms with Crippen molar-refractivity contribution in [3.63, 3.8) is 0 Å². The van der Waals surface area contributed by atoms with Crippen molar-refractivity contribution in [3.8, 4) is 143 Å². The minimum absolute atomic E-state index is 0.533.